The van der Waals surface area contributed by atoms with Gasteiger partial charge in [-0.05, 0) is 24.1 Å². The van der Waals surface area contributed by atoms with Crippen LogP contribution in [0.1, 0.15) is 13.8 Å². The van der Waals surface area contributed by atoms with Crippen LogP contribution < -0.4 is 5.32 Å². The van der Waals surface area contributed by atoms with E-state index in [1.54, 1.807) is 13.8 Å². The fraction of sp³-hybridized carbons (Fsp3) is 0.364. The molecule has 0 aliphatic rings. The highest BCUT2D eigenvalue weighted by molar-refractivity contribution is 6.30. The molecule has 3 nitrogen and oxygen atoms in total. The molecule has 0 saturated carbocycles. The fourth-order valence-electron chi connectivity index (χ4n) is 1.29. The molecule has 0 spiro atoms. The molecule has 2 N–H and O–H groups in total. The van der Waals surface area contributed by atoms with Gasteiger partial charge in [-0.3, -0.25) is 0 Å². The van der Waals surface area contributed by atoms with E-state index in [0.29, 0.717) is 0 Å². The average molecular weight is 246 g/mol. The SMILES string of the molecule is CC(C)[C@H](Nc1ccc(Cl)cc1F)C(=O)O. The van der Waals surface area contributed by atoms with Gasteiger partial charge >= 0.3 is 5.97 Å². The minimum absolute atomic E-state index is 0.144. The van der Waals surface area contributed by atoms with Crippen LogP contribution in [0.4, 0.5) is 10.1 Å². The molecule has 1 aromatic rings. The predicted octanol–water partition coefficient (Wildman–Crippen LogP) is 3.00. The first-order valence-electron chi connectivity index (χ1n) is 4.86. The van der Waals surface area contributed by atoms with Gasteiger partial charge in [-0.25, -0.2) is 9.18 Å². The van der Waals surface area contributed by atoms with E-state index >= 15 is 0 Å². The van der Waals surface area contributed by atoms with Crippen LogP contribution in [0, 0.1) is 11.7 Å². The first kappa shape index (κ1) is 12.8. The Morgan fingerprint density at radius 2 is 2.12 bits per heavy atom. The predicted molar refractivity (Wildman–Crippen MR) is 61.3 cm³/mol. The summed E-state index contributed by atoms with van der Waals surface area (Å²) in [7, 11) is 0. The third-order valence-electron chi connectivity index (χ3n) is 2.17. The lowest BCUT2D eigenvalue weighted by Gasteiger charge is -2.19. The van der Waals surface area contributed by atoms with E-state index in [1.807, 2.05) is 0 Å². The van der Waals surface area contributed by atoms with E-state index in [9.17, 15) is 9.18 Å². The van der Waals surface area contributed by atoms with Crippen LogP contribution in [0.2, 0.25) is 5.02 Å². The number of carboxylic acids is 1. The quantitative estimate of drug-likeness (QED) is 0.857. The zero-order valence-corrected chi connectivity index (χ0v) is 9.75. The molecular weight excluding hydrogens is 233 g/mol. The Labute approximate surface area is 98.2 Å². The molecule has 0 radical (unpaired) electrons. The molecule has 1 atom stereocenters. The molecule has 0 amide bonds. The van der Waals surface area contributed by atoms with Crippen LogP contribution in [-0.2, 0) is 4.79 Å². The highest BCUT2D eigenvalue weighted by Gasteiger charge is 2.22. The summed E-state index contributed by atoms with van der Waals surface area (Å²) in [6.07, 6.45) is 0. The van der Waals surface area contributed by atoms with Crippen molar-refractivity contribution in [3.63, 3.8) is 0 Å². The Morgan fingerprint density at radius 3 is 2.56 bits per heavy atom. The van der Waals surface area contributed by atoms with Gasteiger partial charge in [-0.15, -0.1) is 0 Å². The molecule has 0 saturated heterocycles. The van der Waals surface area contributed by atoms with Gasteiger partial charge in [0.25, 0.3) is 0 Å². The Kier molecular flexibility index (Phi) is 4.12. The van der Waals surface area contributed by atoms with E-state index in [0.717, 1.165) is 6.07 Å². The van der Waals surface area contributed by atoms with Crippen molar-refractivity contribution in [1.82, 2.24) is 0 Å². The number of aliphatic carboxylic acids is 1. The third kappa shape index (κ3) is 3.10. The van der Waals surface area contributed by atoms with Crippen LogP contribution in [0.15, 0.2) is 18.2 Å². The molecule has 16 heavy (non-hydrogen) atoms. The lowest BCUT2D eigenvalue weighted by Crippen LogP contribution is -2.34. The number of carboxylic acid groups (broad SMARTS) is 1. The monoisotopic (exact) mass is 245 g/mol. The molecule has 5 heteroatoms. The van der Waals surface area contributed by atoms with Gasteiger partial charge in [0.1, 0.15) is 11.9 Å². The van der Waals surface area contributed by atoms with Crippen LogP contribution in [0.5, 0.6) is 0 Å². The maximum Gasteiger partial charge on any atom is 0.326 e. The molecule has 1 aromatic carbocycles. The summed E-state index contributed by atoms with van der Waals surface area (Å²) in [6, 6.07) is 3.25. The van der Waals surface area contributed by atoms with Crippen molar-refractivity contribution in [3.05, 3.63) is 29.0 Å². The Bertz CT molecular complexity index is 396. The Hall–Kier alpha value is -1.29. The smallest absolute Gasteiger partial charge is 0.326 e. The van der Waals surface area contributed by atoms with Gasteiger partial charge in [0.2, 0.25) is 0 Å². The molecule has 0 aromatic heterocycles. The van der Waals surface area contributed by atoms with E-state index < -0.39 is 17.8 Å². The van der Waals surface area contributed by atoms with Gasteiger partial charge in [0.05, 0.1) is 5.69 Å². The second kappa shape index (κ2) is 5.16. The second-order valence-electron chi connectivity index (χ2n) is 3.83. The molecule has 0 bridgehead atoms. The Morgan fingerprint density at radius 1 is 1.50 bits per heavy atom. The summed E-state index contributed by atoms with van der Waals surface area (Å²) in [6.45, 7) is 3.50. The van der Waals surface area contributed by atoms with Crippen molar-refractivity contribution in [2.24, 2.45) is 5.92 Å². The number of hydrogen-bond donors (Lipinski definition) is 2. The number of nitrogens with one attached hydrogen (secondary N) is 1. The van der Waals surface area contributed by atoms with Crippen molar-refractivity contribution in [2.75, 3.05) is 5.32 Å². The zero-order chi connectivity index (χ0) is 12.3. The summed E-state index contributed by atoms with van der Waals surface area (Å²) >= 11 is 5.59. The minimum atomic E-state index is -1.01. The lowest BCUT2D eigenvalue weighted by molar-refractivity contribution is -0.138. The molecule has 0 unspecified atom stereocenters. The maximum absolute atomic E-state index is 13.4. The number of hydrogen-bond acceptors (Lipinski definition) is 2. The number of rotatable bonds is 4. The molecule has 0 fully saturated rings. The summed E-state index contributed by atoms with van der Waals surface area (Å²) in [5.74, 6) is -1.71. The third-order valence-corrected chi connectivity index (χ3v) is 2.41. The Balaban J connectivity index is 2.90. The first-order valence-corrected chi connectivity index (χ1v) is 5.24. The van der Waals surface area contributed by atoms with Crippen molar-refractivity contribution < 1.29 is 14.3 Å². The van der Waals surface area contributed by atoms with Gasteiger partial charge in [-0.2, -0.15) is 0 Å². The second-order valence-corrected chi connectivity index (χ2v) is 4.26. The molecule has 0 heterocycles. The molecular formula is C11H13ClFNO2. The van der Waals surface area contributed by atoms with Gasteiger partial charge in [0.15, 0.2) is 0 Å². The number of anilines is 1. The minimum Gasteiger partial charge on any atom is -0.480 e. The number of benzene rings is 1. The van der Waals surface area contributed by atoms with Crippen molar-refractivity contribution in [1.29, 1.82) is 0 Å². The molecule has 0 aliphatic carbocycles. The highest BCUT2D eigenvalue weighted by atomic mass is 35.5. The summed E-state index contributed by atoms with van der Waals surface area (Å²) in [5, 5.41) is 11.9. The van der Waals surface area contributed by atoms with Crippen molar-refractivity contribution in [2.45, 2.75) is 19.9 Å². The standard InChI is InChI=1S/C11H13ClFNO2/c1-6(2)10(11(15)16)14-9-4-3-7(12)5-8(9)13/h3-6,10,14H,1-2H3,(H,15,16)/t10-/m0/s1. The van der Waals surface area contributed by atoms with Crippen LogP contribution >= 0.6 is 11.6 Å². The van der Waals surface area contributed by atoms with Crippen LogP contribution in [0.3, 0.4) is 0 Å². The summed E-state index contributed by atoms with van der Waals surface area (Å²) in [4.78, 5) is 10.9. The fourth-order valence-corrected chi connectivity index (χ4v) is 1.45. The normalized spacial score (nSPS) is 12.6. The van der Waals surface area contributed by atoms with Gasteiger partial charge < -0.3 is 10.4 Å². The van der Waals surface area contributed by atoms with E-state index in [1.165, 1.54) is 12.1 Å². The lowest BCUT2D eigenvalue weighted by atomic mass is 10.0. The van der Waals surface area contributed by atoms with E-state index in [2.05, 4.69) is 5.32 Å². The largest absolute Gasteiger partial charge is 0.480 e. The van der Waals surface area contributed by atoms with Crippen LogP contribution in [-0.4, -0.2) is 17.1 Å². The van der Waals surface area contributed by atoms with Crippen molar-refractivity contribution in [3.8, 4) is 0 Å². The summed E-state index contributed by atoms with van der Waals surface area (Å²) in [5.41, 5.74) is 0.144. The topological polar surface area (TPSA) is 49.3 Å². The first-order chi connectivity index (χ1) is 7.41. The number of carbonyl (C=O) groups is 1. The van der Waals surface area contributed by atoms with Gasteiger partial charge in [0, 0.05) is 5.02 Å². The van der Waals surface area contributed by atoms with Crippen LogP contribution in [0.25, 0.3) is 0 Å². The van der Waals surface area contributed by atoms with E-state index in [4.69, 9.17) is 16.7 Å². The number of halogens is 2. The average Bonchev–Trinajstić information content (AvgIpc) is 2.15. The molecule has 0 aliphatic heterocycles. The maximum atomic E-state index is 13.4. The molecule has 88 valence electrons. The summed E-state index contributed by atoms with van der Waals surface area (Å²) < 4.78 is 13.4. The van der Waals surface area contributed by atoms with E-state index in [-0.39, 0.29) is 16.6 Å². The van der Waals surface area contributed by atoms with Crippen molar-refractivity contribution >= 4 is 23.3 Å². The highest BCUT2D eigenvalue weighted by Crippen LogP contribution is 2.21. The zero-order valence-electron chi connectivity index (χ0n) is 9.00. The molecule has 1 rings (SSSR count). The van der Waals surface area contributed by atoms with Gasteiger partial charge in [-0.1, -0.05) is 25.4 Å².